The number of fused-ring (bicyclic) bond motifs is 1. The second-order valence-corrected chi connectivity index (χ2v) is 5.05. The zero-order valence-electron chi connectivity index (χ0n) is 11.7. The molecule has 0 aliphatic rings. The summed E-state index contributed by atoms with van der Waals surface area (Å²) in [6, 6.07) is 9.53. The van der Waals surface area contributed by atoms with Crippen LogP contribution in [0.3, 0.4) is 0 Å². The first-order valence-electron chi connectivity index (χ1n) is 6.62. The van der Waals surface area contributed by atoms with E-state index in [9.17, 15) is 9.90 Å². The predicted molar refractivity (Wildman–Crippen MR) is 77.7 cm³/mol. The number of aromatic carboxylic acids is 1. The Labute approximate surface area is 121 Å². The van der Waals surface area contributed by atoms with Crippen LogP contribution >= 0.6 is 0 Å². The summed E-state index contributed by atoms with van der Waals surface area (Å²) >= 11 is 0. The first-order chi connectivity index (χ1) is 10.1. The Bertz CT molecular complexity index is 818. The third-order valence-electron chi connectivity index (χ3n) is 3.29. The summed E-state index contributed by atoms with van der Waals surface area (Å²) in [5.74, 6) is -1.09. The van der Waals surface area contributed by atoms with Crippen molar-refractivity contribution in [2.75, 3.05) is 0 Å². The quantitative estimate of drug-likeness (QED) is 0.798. The van der Waals surface area contributed by atoms with E-state index in [2.05, 4.69) is 15.3 Å². The van der Waals surface area contributed by atoms with Crippen molar-refractivity contribution >= 4 is 16.9 Å². The van der Waals surface area contributed by atoms with Crippen LogP contribution in [-0.2, 0) is 0 Å². The Morgan fingerprint density at radius 1 is 1.24 bits per heavy atom. The minimum absolute atomic E-state index is 0.0158. The standard InChI is InChI=1S/C15H14N4O2/c1-9(2)14-13(15(20)21)17-18-19(14)11-7-3-5-10-6-4-8-16-12(10)11/h3-9H,1-2H3,(H,20,21). The van der Waals surface area contributed by atoms with Crippen molar-refractivity contribution < 1.29 is 9.90 Å². The van der Waals surface area contributed by atoms with Crippen LogP contribution in [-0.4, -0.2) is 31.1 Å². The lowest BCUT2D eigenvalue weighted by Crippen LogP contribution is -2.09. The number of aromatic nitrogens is 4. The molecule has 0 saturated carbocycles. The van der Waals surface area contributed by atoms with E-state index in [0.717, 1.165) is 16.6 Å². The average molecular weight is 282 g/mol. The van der Waals surface area contributed by atoms with E-state index < -0.39 is 5.97 Å². The van der Waals surface area contributed by atoms with Crippen LogP contribution in [0.25, 0.3) is 16.6 Å². The molecule has 0 fully saturated rings. The zero-order valence-corrected chi connectivity index (χ0v) is 11.7. The summed E-state index contributed by atoms with van der Waals surface area (Å²) in [5, 5.41) is 18.1. The maximum Gasteiger partial charge on any atom is 0.358 e. The second-order valence-electron chi connectivity index (χ2n) is 5.05. The third kappa shape index (κ3) is 2.14. The fourth-order valence-electron chi connectivity index (χ4n) is 2.40. The molecule has 0 unspecified atom stereocenters. The van der Waals surface area contributed by atoms with Gasteiger partial charge < -0.3 is 5.11 Å². The van der Waals surface area contributed by atoms with Crippen molar-refractivity contribution in [1.82, 2.24) is 20.0 Å². The van der Waals surface area contributed by atoms with Crippen LogP contribution in [0.15, 0.2) is 36.5 Å². The molecule has 0 bridgehead atoms. The lowest BCUT2D eigenvalue weighted by molar-refractivity contribution is 0.0688. The van der Waals surface area contributed by atoms with E-state index in [1.165, 1.54) is 0 Å². The van der Waals surface area contributed by atoms with Gasteiger partial charge in [-0.15, -0.1) is 5.10 Å². The van der Waals surface area contributed by atoms with E-state index in [4.69, 9.17) is 0 Å². The topological polar surface area (TPSA) is 80.9 Å². The first kappa shape index (κ1) is 13.2. The molecule has 0 atom stereocenters. The Balaban J connectivity index is 2.31. The highest BCUT2D eigenvalue weighted by atomic mass is 16.4. The van der Waals surface area contributed by atoms with Gasteiger partial charge in [0.25, 0.3) is 0 Å². The SMILES string of the molecule is CC(C)c1c(C(=O)O)nnn1-c1cccc2cccnc12. The molecule has 2 aromatic heterocycles. The Morgan fingerprint density at radius 2 is 2.00 bits per heavy atom. The summed E-state index contributed by atoms with van der Waals surface area (Å²) in [4.78, 5) is 15.7. The molecule has 6 heteroatoms. The summed E-state index contributed by atoms with van der Waals surface area (Å²) < 4.78 is 1.57. The molecule has 0 amide bonds. The summed E-state index contributed by atoms with van der Waals surface area (Å²) in [7, 11) is 0. The van der Waals surface area contributed by atoms with Gasteiger partial charge in [-0.05, 0) is 18.1 Å². The number of carboxylic acid groups (broad SMARTS) is 1. The predicted octanol–water partition coefficient (Wildman–Crippen LogP) is 2.64. The maximum absolute atomic E-state index is 11.3. The van der Waals surface area contributed by atoms with Gasteiger partial charge in [0.05, 0.1) is 16.9 Å². The number of carbonyl (C=O) groups is 1. The smallest absolute Gasteiger partial charge is 0.358 e. The molecule has 1 aromatic carbocycles. The molecule has 0 radical (unpaired) electrons. The molecular formula is C15H14N4O2. The van der Waals surface area contributed by atoms with Crippen molar-refractivity contribution in [3.8, 4) is 5.69 Å². The van der Waals surface area contributed by atoms with Crippen molar-refractivity contribution in [3.05, 3.63) is 47.9 Å². The van der Waals surface area contributed by atoms with E-state index >= 15 is 0 Å². The molecule has 3 rings (SSSR count). The van der Waals surface area contributed by atoms with Crippen LogP contribution in [0.4, 0.5) is 0 Å². The lowest BCUT2D eigenvalue weighted by atomic mass is 10.1. The van der Waals surface area contributed by atoms with E-state index in [1.807, 2.05) is 44.2 Å². The van der Waals surface area contributed by atoms with Gasteiger partial charge in [0.1, 0.15) is 0 Å². The molecule has 2 heterocycles. The summed E-state index contributed by atoms with van der Waals surface area (Å²) in [6.45, 7) is 3.83. The van der Waals surface area contributed by atoms with Gasteiger partial charge in [-0.1, -0.05) is 37.3 Å². The highest BCUT2D eigenvalue weighted by molar-refractivity contribution is 5.89. The van der Waals surface area contributed by atoms with Crippen molar-refractivity contribution in [2.24, 2.45) is 0 Å². The van der Waals surface area contributed by atoms with Crippen molar-refractivity contribution in [1.29, 1.82) is 0 Å². The number of pyridine rings is 1. The molecule has 0 saturated heterocycles. The van der Waals surface area contributed by atoms with Gasteiger partial charge in [0.2, 0.25) is 0 Å². The van der Waals surface area contributed by atoms with Crippen molar-refractivity contribution in [3.63, 3.8) is 0 Å². The van der Waals surface area contributed by atoms with Crippen LogP contribution in [0.2, 0.25) is 0 Å². The normalized spacial score (nSPS) is 11.2. The molecule has 106 valence electrons. The summed E-state index contributed by atoms with van der Waals surface area (Å²) in [5.41, 5.74) is 2.05. The molecule has 6 nitrogen and oxygen atoms in total. The minimum atomic E-state index is -1.07. The molecule has 3 aromatic rings. The number of hydrogen-bond acceptors (Lipinski definition) is 4. The Morgan fingerprint density at radius 3 is 2.71 bits per heavy atom. The minimum Gasteiger partial charge on any atom is -0.476 e. The third-order valence-corrected chi connectivity index (χ3v) is 3.29. The molecular weight excluding hydrogens is 268 g/mol. The highest BCUT2D eigenvalue weighted by Gasteiger charge is 2.23. The van der Waals surface area contributed by atoms with Gasteiger partial charge in [-0.3, -0.25) is 4.98 Å². The molecule has 21 heavy (non-hydrogen) atoms. The molecule has 0 spiro atoms. The first-order valence-corrected chi connectivity index (χ1v) is 6.62. The largest absolute Gasteiger partial charge is 0.476 e. The second kappa shape index (κ2) is 4.97. The Hall–Kier alpha value is -2.76. The number of nitrogens with zero attached hydrogens (tertiary/aromatic N) is 4. The number of hydrogen-bond donors (Lipinski definition) is 1. The van der Waals surface area contributed by atoms with Crippen LogP contribution in [0, 0.1) is 0 Å². The average Bonchev–Trinajstić information content (AvgIpc) is 2.91. The number of benzene rings is 1. The van der Waals surface area contributed by atoms with Crippen LogP contribution in [0.1, 0.15) is 35.9 Å². The van der Waals surface area contributed by atoms with Crippen molar-refractivity contribution in [2.45, 2.75) is 19.8 Å². The van der Waals surface area contributed by atoms with Gasteiger partial charge in [0, 0.05) is 11.6 Å². The lowest BCUT2D eigenvalue weighted by Gasteiger charge is -2.11. The van der Waals surface area contributed by atoms with E-state index in [1.54, 1.807) is 10.9 Å². The highest BCUT2D eigenvalue weighted by Crippen LogP contribution is 2.25. The molecule has 0 aliphatic carbocycles. The number of carboxylic acids is 1. The molecule has 1 N–H and O–H groups in total. The Kier molecular flexibility index (Phi) is 3.13. The number of para-hydroxylation sites is 1. The van der Waals surface area contributed by atoms with Crippen LogP contribution in [0.5, 0.6) is 0 Å². The fourth-order valence-corrected chi connectivity index (χ4v) is 2.40. The summed E-state index contributed by atoms with van der Waals surface area (Å²) in [6.07, 6.45) is 1.70. The number of rotatable bonds is 3. The zero-order chi connectivity index (χ0) is 15.0. The van der Waals surface area contributed by atoms with Gasteiger partial charge >= 0.3 is 5.97 Å². The van der Waals surface area contributed by atoms with Gasteiger partial charge in [-0.2, -0.15) is 0 Å². The maximum atomic E-state index is 11.3. The van der Waals surface area contributed by atoms with Crippen LogP contribution < -0.4 is 0 Å². The monoisotopic (exact) mass is 282 g/mol. The van der Waals surface area contributed by atoms with E-state index in [-0.39, 0.29) is 11.6 Å². The van der Waals surface area contributed by atoms with E-state index in [0.29, 0.717) is 5.69 Å². The molecule has 0 aliphatic heterocycles. The van der Waals surface area contributed by atoms with Gasteiger partial charge in [0.15, 0.2) is 5.69 Å². The van der Waals surface area contributed by atoms with Gasteiger partial charge in [-0.25, -0.2) is 9.48 Å². The fraction of sp³-hybridized carbons (Fsp3) is 0.200.